The van der Waals surface area contributed by atoms with Gasteiger partial charge in [-0.05, 0) is 72.6 Å². The van der Waals surface area contributed by atoms with Crippen LogP contribution in [0.4, 0.5) is 0 Å². The van der Waals surface area contributed by atoms with Crippen molar-refractivity contribution in [3.05, 3.63) is 77.4 Å². The smallest absolute Gasteiger partial charge is 0.343 e. The van der Waals surface area contributed by atoms with Crippen LogP contribution in [0.1, 0.15) is 39.6 Å². The van der Waals surface area contributed by atoms with Gasteiger partial charge in [0.05, 0.1) is 39.7 Å². The molecule has 0 fully saturated rings. The highest BCUT2D eigenvalue weighted by molar-refractivity contribution is 5.96. The van der Waals surface area contributed by atoms with E-state index in [-0.39, 0.29) is 5.56 Å². The Morgan fingerprint density at radius 3 is 2.00 bits per heavy atom. The number of rotatable bonds is 11. The quantitative estimate of drug-likeness (QED) is 0.182. The summed E-state index contributed by atoms with van der Waals surface area (Å²) in [4.78, 5) is 24.9. The monoisotopic (exact) mass is 492 g/mol. The Hall–Kier alpha value is -4.53. The molecule has 0 spiro atoms. The summed E-state index contributed by atoms with van der Waals surface area (Å²) in [5, 5.41) is 3.98. The molecule has 3 rings (SSSR count). The maximum absolute atomic E-state index is 12.5. The number of nitrogens with zero attached hydrogens (tertiary/aromatic N) is 1. The minimum absolute atomic E-state index is 0.286. The number of benzene rings is 3. The van der Waals surface area contributed by atoms with Crippen molar-refractivity contribution < 1.29 is 33.3 Å². The maximum Gasteiger partial charge on any atom is 0.343 e. The van der Waals surface area contributed by atoms with Crippen molar-refractivity contribution in [2.45, 2.75) is 13.3 Å². The molecule has 9 heteroatoms. The van der Waals surface area contributed by atoms with Crippen LogP contribution < -0.4 is 29.1 Å². The molecule has 0 saturated carbocycles. The Balaban J connectivity index is 1.58. The second kappa shape index (κ2) is 12.8. The molecule has 0 aliphatic heterocycles. The van der Waals surface area contributed by atoms with E-state index < -0.39 is 11.9 Å². The molecule has 0 aliphatic rings. The third-order valence-electron chi connectivity index (χ3n) is 4.96. The minimum Gasteiger partial charge on any atom is -0.494 e. The van der Waals surface area contributed by atoms with Gasteiger partial charge in [-0.3, -0.25) is 4.79 Å². The molecule has 0 unspecified atom stereocenters. The lowest BCUT2D eigenvalue weighted by Gasteiger charge is -2.13. The van der Waals surface area contributed by atoms with Crippen molar-refractivity contribution >= 4 is 18.1 Å². The molecule has 188 valence electrons. The molecular formula is C27H28N2O7. The fourth-order valence-electron chi connectivity index (χ4n) is 3.14. The second-order valence-electron chi connectivity index (χ2n) is 7.44. The molecule has 0 bridgehead atoms. The van der Waals surface area contributed by atoms with E-state index in [1.807, 2.05) is 6.92 Å². The summed E-state index contributed by atoms with van der Waals surface area (Å²) in [5.41, 5.74) is 3.85. The average molecular weight is 493 g/mol. The molecule has 0 radical (unpaired) electrons. The highest BCUT2D eigenvalue weighted by atomic mass is 16.5. The summed E-state index contributed by atoms with van der Waals surface area (Å²) in [6.07, 6.45) is 2.38. The highest BCUT2D eigenvalue weighted by Crippen LogP contribution is 2.38. The fraction of sp³-hybridized carbons (Fsp3) is 0.222. The van der Waals surface area contributed by atoms with Gasteiger partial charge in [0, 0.05) is 5.56 Å². The first-order chi connectivity index (χ1) is 17.5. The van der Waals surface area contributed by atoms with Gasteiger partial charge >= 0.3 is 5.97 Å². The van der Waals surface area contributed by atoms with E-state index in [1.54, 1.807) is 48.5 Å². The molecular weight excluding hydrogens is 464 g/mol. The number of carbonyl (C=O) groups is 2. The summed E-state index contributed by atoms with van der Waals surface area (Å²) in [6.45, 7) is 2.64. The number of hydrazone groups is 1. The first kappa shape index (κ1) is 26.1. The van der Waals surface area contributed by atoms with Gasteiger partial charge in [-0.25, -0.2) is 10.2 Å². The van der Waals surface area contributed by atoms with Crippen molar-refractivity contribution in [2.75, 3.05) is 27.9 Å². The molecule has 1 amide bonds. The second-order valence-corrected chi connectivity index (χ2v) is 7.44. The first-order valence-electron chi connectivity index (χ1n) is 11.2. The summed E-state index contributed by atoms with van der Waals surface area (Å²) < 4.78 is 26.7. The normalized spacial score (nSPS) is 10.6. The molecule has 3 aromatic rings. The maximum atomic E-state index is 12.5. The zero-order valence-electron chi connectivity index (χ0n) is 20.6. The van der Waals surface area contributed by atoms with E-state index in [0.717, 1.165) is 6.42 Å². The van der Waals surface area contributed by atoms with Gasteiger partial charge in [0.25, 0.3) is 5.91 Å². The molecule has 0 heterocycles. The zero-order valence-corrected chi connectivity index (χ0v) is 20.6. The number of carbonyl (C=O) groups excluding carboxylic acids is 2. The largest absolute Gasteiger partial charge is 0.494 e. The molecule has 36 heavy (non-hydrogen) atoms. The Labute approximate surface area is 209 Å². The van der Waals surface area contributed by atoms with Crippen molar-refractivity contribution in [1.82, 2.24) is 5.43 Å². The summed E-state index contributed by atoms with van der Waals surface area (Å²) >= 11 is 0. The minimum atomic E-state index is -0.476. The molecule has 1 N–H and O–H groups in total. The third-order valence-corrected chi connectivity index (χ3v) is 4.96. The van der Waals surface area contributed by atoms with E-state index >= 15 is 0 Å². The fourth-order valence-corrected chi connectivity index (χ4v) is 3.14. The van der Waals surface area contributed by atoms with Crippen LogP contribution in [0.25, 0.3) is 0 Å². The van der Waals surface area contributed by atoms with E-state index in [9.17, 15) is 9.59 Å². The van der Waals surface area contributed by atoms with Crippen LogP contribution in [0, 0.1) is 0 Å². The van der Waals surface area contributed by atoms with Crippen LogP contribution in [-0.4, -0.2) is 46.0 Å². The average Bonchev–Trinajstić information content (AvgIpc) is 2.92. The molecule has 0 atom stereocenters. The van der Waals surface area contributed by atoms with Gasteiger partial charge in [-0.2, -0.15) is 5.10 Å². The third kappa shape index (κ3) is 6.75. The summed E-state index contributed by atoms with van der Waals surface area (Å²) in [5.74, 6) is 1.25. The molecule has 0 saturated heterocycles. The van der Waals surface area contributed by atoms with Crippen molar-refractivity contribution in [3.63, 3.8) is 0 Å². The number of amides is 1. The van der Waals surface area contributed by atoms with Gasteiger partial charge in [0.1, 0.15) is 11.5 Å². The van der Waals surface area contributed by atoms with Crippen molar-refractivity contribution in [3.8, 4) is 28.7 Å². The number of hydrogen-bond acceptors (Lipinski definition) is 8. The molecule has 3 aromatic carbocycles. The standard InChI is InChI=1S/C27H28N2O7/c1-5-14-35-21-12-8-19(9-13-21)27(31)36-22-10-6-18(7-11-22)17-28-29-26(30)20-15-23(32-2)25(34-4)24(16-20)33-3/h6-13,15-17H,5,14H2,1-4H3,(H,29,30)/b28-17-. The lowest BCUT2D eigenvalue weighted by molar-refractivity contribution is 0.0734. The van der Waals surface area contributed by atoms with Crippen LogP contribution in [0.5, 0.6) is 28.7 Å². The number of methoxy groups -OCH3 is 3. The van der Waals surface area contributed by atoms with Crippen LogP contribution in [0.3, 0.4) is 0 Å². The van der Waals surface area contributed by atoms with Gasteiger partial charge in [-0.1, -0.05) is 6.92 Å². The topological polar surface area (TPSA) is 105 Å². The van der Waals surface area contributed by atoms with Gasteiger partial charge in [0.15, 0.2) is 11.5 Å². The highest BCUT2D eigenvalue weighted by Gasteiger charge is 2.16. The van der Waals surface area contributed by atoms with Gasteiger partial charge < -0.3 is 23.7 Å². The number of nitrogens with one attached hydrogen (secondary N) is 1. The van der Waals surface area contributed by atoms with E-state index in [0.29, 0.717) is 46.5 Å². The van der Waals surface area contributed by atoms with Gasteiger partial charge in [0.2, 0.25) is 5.75 Å². The SMILES string of the molecule is CCCOc1ccc(C(=O)Oc2ccc(/C=N\NC(=O)c3cc(OC)c(OC)c(OC)c3)cc2)cc1. The Bertz CT molecular complexity index is 1180. The van der Waals surface area contributed by atoms with Gasteiger partial charge in [-0.15, -0.1) is 0 Å². The van der Waals surface area contributed by atoms with Crippen LogP contribution >= 0.6 is 0 Å². The van der Waals surface area contributed by atoms with Crippen molar-refractivity contribution in [2.24, 2.45) is 5.10 Å². The lowest BCUT2D eigenvalue weighted by Crippen LogP contribution is -2.18. The van der Waals surface area contributed by atoms with E-state index in [1.165, 1.54) is 39.7 Å². The predicted molar refractivity (Wildman–Crippen MR) is 135 cm³/mol. The zero-order chi connectivity index (χ0) is 25.9. The van der Waals surface area contributed by atoms with E-state index in [4.69, 9.17) is 23.7 Å². The Kier molecular flexibility index (Phi) is 9.27. The molecule has 9 nitrogen and oxygen atoms in total. The first-order valence-corrected chi connectivity index (χ1v) is 11.2. The van der Waals surface area contributed by atoms with Crippen LogP contribution in [-0.2, 0) is 0 Å². The lowest BCUT2D eigenvalue weighted by atomic mass is 10.1. The van der Waals surface area contributed by atoms with Crippen molar-refractivity contribution in [1.29, 1.82) is 0 Å². The Morgan fingerprint density at radius 2 is 1.44 bits per heavy atom. The number of esters is 1. The number of ether oxygens (including phenoxy) is 5. The molecule has 0 aromatic heterocycles. The van der Waals surface area contributed by atoms with Crippen LogP contribution in [0.15, 0.2) is 65.8 Å². The molecule has 0 aliphatic carbocycles. The summed E-state index contributed by atoms with van der Waals surface area (Å²) in [6, 6.07) is 16.5. The van der Waals surface area contributed by atoms with E-state index in [2.05, 4.69) is 10.5 Å². The predicted octanol–water partition coefficient (Wildman–Crippen LogP) is 4.48. The Morgan fingerprint density at radius 1 is 0.833 bits per heavy atom. The number of hydrogen-bond donors (Lipinski definition) is 1. The van der Waals surface area contributed by atoms with Crippen LogP contribution in [0.2, 0.25) is 0 Å². The summed E-state index contributed by atoms with van der Waals surface area (Å²) in [7, 11) is 4.42.